The molecule has 4 nitrogen and oxygen atoms in total. The van der Waals surface area contributed by atoms with Gasteiger partial charge in [-0.3, -0.25) is 4.72 Å². The molecule has 0 amide bonds. The molecule has 20 heavy (non-hydrogen) atoms. The standard InChI is InChI=1S/C13H15BrN2O2S2/c1-8-5-10(14)3-4-11(8)16-20(17,18)13-9(2)7-19-12(13)6-15/h3-5,7,16H,6,15H2,1-2H3. The minimum atomic E-state index is -3.61. The van der Waals surface area contributed by atoms with Gasteiger partial charge in [0.15, 0.2) is 0 Å². The van der Waals surface area contributed by atoms with Crippen molar-refractivity contribution in [3.63, 3.8) is 0 Å². The summed E-state index contributed by atoms with van der Waals surface area (Å²) in [5.41, 5.74) is 7.76. The number of hydrogen-bond acceptors (Lipinski definition) is 4. The molecule has 3 N–H and O–H groups in total. The van der Waals surface area contributed by atoms with E-state index < -0.39 is 10.0 Å². The number of hydrogen-bond donors (Lipinski definition) is 2. The summed E-state index contributed by atoms with van der Waals surface area (Å²) < 4.78 is 28.6. The van der Waals surface area contributed by atoms with Gasteiger partial charge in [-0.1, -0.05) is 15.9 Å². The van der Waals surface area contributed by atoms with Crippen LogP contribution in [0.2, 0.25) is 0 Å². The molecule has 0 aliphatic heterocycles. The molecule has 0 aliphatic carbocycles. The van der Waals surface area contributed by atoms with Crippen molar-refractivity contribution in [3.05, 3.63) is 44.1 Å². The molecule has 0 aliphatic rings. The zero-order valence-corrected chi connectivity index (χ0v) is 14.3. The van der Waals surface area contributed by atoms with Crippen molar-refractivity contribution in [3.8, 4) is 0 Å². The van der Waals surface area contributed by atoms with Crippen molar-refractivity contribution in [1.29, 1.82) is 0 Å². The third kappa shape index (κ3) is 3.06. The zero-order chi connectivity index (χ0) is 14.9. The molecule has 0 saturated carbocycles. The normalized spacial score (nSPS) is 11.6. The molecule has 1 heterocycles. The number of nitrogens with two attached hydrogens (primary N) is 1. The lowest BCUT2D eigenvalue weighted by Crippen LogP contribution is -2.16. The van der Waals surface area contributed by atoms with Crippen molar-refractivity contribution in [1.82, 2.24) is 0 Å². The van der Waals surface area contributed by atoms with Gasteiger partial charge in [0, 0.05) is 15.9 Å². The van der Waals surface area contributed by atoms with Gasteiger partial charge >= 0.3 is 0 Å². The van der Waals surface area contributed by atoms with Crippen molar-refractivity contribution in [2.24, 2.45) is 5.73 Å². The van der Waals surface area contributed by atoms with E-state index in [1.165, 1.54) is 11.3 Å². The van der Waals surface area contributed by atoms with E-state index in [-0.39, 0.29) is 6.54 Å². The maximum absolute atomic E-state index is 12.5. The molecule has 0 spiro atoms. The largest absolute Gasteiger partial charge is 0.326 e. The van der Waals surface area contributed by atoms with Crippen LogP contribution in [0.25, 0.3) is 0 Å². The molecule has 2 aromatic rings. The van der Waals surface area contributed by atoms with Gasteiger partial charge in [-0.2, -0.15) is 0 Å². The van der Waals surface area contributed by atoms with Crippen LogP contribution >= 0.6 is 27.3 Å². The predicted molar refractivity (Wildman–Crippen MR) is 86.6 cm³/mol. The van der Waals surface area contributed by atoms with Gasteiger partial charge in [-0.25, -0.2) is 8.42 Å². The van der Waals surface area contributed by atoms with Crippen LogP contribution in [0.5, 0.6) is 0 Å². The molecule has 0 atom stereocenters. The Morgan fingerprint density at radius 1 is 1.30 bits per heavy atom. The molecule has 0 fully saturated rings. The van der Waals surface area contributed by atoms with Gasteiger partial charge in [0.1, 0.15) is 4.90 Å². The number of aryl methyl sites for hydroxylation is 2. The average molecular weight is 375 g/mol. The van der Waals surface area contributed by atoms with Gasteiger partial charge in [0.25, 0.3) is 10.0 Å². The highest BCUT2D eigenvalue weighted by Gasteiger charge is 2.23. The SMILES string of the molecule is Cc1cc(Br)ccc1NS(=O)(=O)c1c(C)csc1CN. The first-order chi connectivity index (χ1) is 9.35. The maximum atomic E-state index is 12.5. The second kappa shape index (κ2) is 5.85. The Kier molecular flexibility index (Phi) is 4.53. The summed E-state index contributed by atoms with van der Waals surface area (Å²) in [6, 6.07) is 5.40. The first kappa shape index (κ1) is 15.5. The molecule has 1 aromatic heterocycles. The number of rotatable bonds is 4. The van der Waals surface area contributed by atoms with Gasteiger partial charge in [-0.15, -0.1) is 11.3 Å². The summed E-state index contributed by atoms with van der Waals surface area (Å²) in [6.07, 6.45) is 0. The highest BCUT2D eigenvalue weighted by atomic mass is 79.9. The summed E-state index contributed by atoms with van der Waals surface area (Å²) in [5.74, 6) is 0. The van der Waals surface area contributed by atoms with E-state index in [9.17, 15) is 8.42 Å². The first-order valence-electron chi connectivity index (χ1n) is 5.91. The predicted octanol–water partition coefficient (Wildman–Crippen LogP) is 3.39. The van der Waals surface area contributed by atoms with E-state index >= 15 is 0 Å². The Labute approximate surface area is 131 Å². The molecule has 0 unspecified atom stereocenters. The van der Waals surface area contributed by atoms with Crippen LogP contribution < -0.4 is 10.5 Å². The molecule has 0 radical (unpaired) electrons. The Morgan fingerprint density at radius 2 is 2.00 bits per heavy atom. The lowest BCUT2D eigenvalue weighted by atomic mass is 10.2. The Balaban J connectivity index is 2.43. The first-order valence-corrected chi connectivity index (χ1v) is 9.06. The summed E-state index contributed by atoms with van der Waals surface area (Å²) >= 11 is 4.73. The van der Waals surface area contributed by atoms with E-state index in [4.69, 9.17) is 5.73 Å². The van der Waals surface area contributed by atoms with Crippen LogP contribution in [0.4, 0.5) is 5.69 Å². The molecule has 7 heteroatoms. The van der Waals surface area contributed by atoms with Crippen molar-refractivity contribution in [2.75, 3.05) is 4.72 Å². The second-order valence-corrected chi connectivity index (χ2v) is 7.94. The van der Waals surface area contributed by atoms with Crippen LogP contribution in [0.3, 0.4) is 0 Å². The van der Waals surface area contributed by atoms with Crippen LogP contribution in [-0.2, 0) is 16.6 Å². The number of halogens is 1. The highest BCUT2D eigenvalue weighted by molar-refractivity contribution is 9.10. The fourth-order valence-electron chi connectivity index (χ4n) is 1.93. The highest BCUT2D eigenvalue weighted by Crippen LogP contribution is 2.29. The summed E-state index contributed by atoms with van der Waals surface area (Å²) in [7, 11) is -3.61. The fourth-order valence-corrected chi connectivity index (χ4v) is 5.24. The van der Waals surface area contributed by atoms with Crippen LogP contribution in [0, 0.1) is 13.8 Å². The second-order valence-electron chi connectivity index (χ2n) is 4.44. The van der Waals surface area contributed by atoms with E-state index in [0.717, 1.165) is 15.6 Å². The van der Waals surface area contributed by atoms with Crippen molar-refractivity contribution in [2.45, 2.75) is 25.3 Å². The number of thiophene rings is 1. The van der Waals surface area contributed by atoms with Crippen LogP contribution in [0.15, 0.2) is 32.9 Å². The Bertz CT molecular complexity index is 739. The van der Waals surface area contributed by atoms with Crippen molar-refractivity contribution < 1.29 is 8.42 Å². The summed E-state index contributed by atoms with van der Waals surface area (Å²) in [6.45, 7) is 3.85. The molecule has 1 aromatic carbocycles. The zero-order valence-electron chi connectivity index (χ0n) is 11.1. The monoisotopic (exact) mass is 374 g/mol. The van der Waals surface area contributed by atoms with E-state index in [1.54, 1.807) is 19.1 Å². The van der Waals surface area contributed by atoms with E-state index in [0.29, 0.717) is 15.5 Å². The van der Waals surface area contributed by atoms with Crippen molar-refractivity contribution >= 4 is 43.0 Å². The minimum absolute atomic E-state index is 0.216. The topological polar surface area (TPSA) is 72.2 Å². The molecule has 2 rings (SSSR count). The molecular formula is C13H15BrN2O2S2. The average Bonchev–Trinajstić information content (AvgIpc) is 2.75. The number of anilines is 1. The summed E-state index contributed by atoms with van der Waals surface area (Å²) in [5, 5.41) is 1.81. The lowest BCUT2D eigenvalue weighted by Gasteiger charge is -2.12. The van der Waals surface area contributed by atoms with Crippen LogP contribution in [-0.4, -0.2) is 8.42 Å². The Morgan fingerprint density at radius 3 is 2.60 bits per heavy atom. The quantitative estimate of drug-likeness (QED) is 0.861. The Hall–Kier alpha value is -0.890. The molecule has 0 saturated heterocycles. The van der Waals surface area contributed by atoms with Gasteiger partial charge in [-0.05, 0) is 48.6 Å². The van der Waals surface area contributed by atoms with E-state index in [1.807, 2.05) is 18.4 Å². The van der Waals surface area contributed by atoms with Gasteiger partial charge < -0.3 is 5.73 Å². The molecule has 0 bridgehead atoms. The third-order valence-corrected chi connectivity index (χ3v) is 6.22. The fraction of sp³-hybridized carbons (Fsp3) is 0.231. The summed E-state index contributed by atoms with van der Waals surface area (Å²) in [4.78, 5) is 0.970. The molecular weight excluding hydrogens is 360 g/mol. The number of sulfonamides is 1. The lowest BCUT2D eigenvalue weighted by molar-refractivity contribution is 0.600. The minimum Gasteiger partial charge on any atom is -0.326 e. The van der Waals surface area contributed by atoms with Gasteiger partial charge in [0.05, 0.1) is 5.69 Å². The molecule has 108 valence electrons. The number of nitrogens with one attached hydrogen (secondary N) is 1. The van der Waals surface area contributed by atoms with E-state index in [2.05, 4.69) is 20.7 Å². The van der Waals surface area contributed by atoms with Crippen LogP contribution in [0.1, 0.15) is 16.0 Å². The number of benzene rings is 1. The maximum Gasteiger partial charge on any atom is 0.263 e. The van der Waals surface area contributed by atoms with Gasteiger partial charge in [0.2, 0.25) is 0 Å². The smallest absolute Gasteiger partial charge is 0.263 e. The third-order valence-electron chi connectivity index (χ3n) is 2.88.